The van der Waals surface area contributed by atoms with E-state index in [0.29, 0.717) is 19.4 Å². The van der Waals surface area contributed by atoms with E-state index in [1.165, 1.54) is 18.2 Å². The predicted octanol–water partition coefficient (Wildman–Crippen LogP) is 2.24. The van der Waals surface area contributed by atoms with Crippen molar-refractivity contribution in [2.45, 2.75) is 38.2 Å². The van der Waals surface area contributed by atoms with Crippen LogP contribution >= 0.6 is 0 Å². The van der Waals surface area contributed by atoms with Gasteiger partial charge in [-0.15, -0.1) is 0 Å². The van der Waals surface area contributed by atoms with Crippen LogP contribution in [0.4, 0.5) is 11.4 Å². The van der Waals surface area contributed by atoms with Crippen molar-refractivity contribution < 1.29 is 27.7 Å². The van der Waals surface area contributed by atoms with Gasteiger partial charge < -0.3 is 14.9 Å². The van der Waals surface area contributed by atoms with Crippen molar-refractivity contribution in [1.29, 1.82) is 0 Å². The topological polar surface area (TPSA) is 119 Å². The molecule has 1 aromatic rings. The number of nitro groups is 1. The van der Waals surface area contributed by atoms with Gasteiger partial charge in [-0.2, -0.15) is 8.42 Å². The van der Waals surface area contributed by atoms with Crippen LogP contribution in [0.5, 0.6) is 5.75 Å². The van der Waals surface area contributed by atoms with Crippen molar-refractivity contribution in [3.63, 3.8) is 0 Å². The van der Waals surface area contributed by atoms with Crippen molar-refractivity contribution in [2.24, 2.45) is 5.92 Å². The van der Waals surface area contributed by atoms with Crippen LogP contribution in [-0.4, -0.2) is 43.9 Å². The minimum absolute atomic E-state index is 0.0464. The molecule has 0 aromatic heterocycles. The summed E-state index contributed by atoms with van der Waals surface area (Å²) in [5.74, 6) is 0.207. The molecule has 9 nitrogen and oxygen atoms in total. The first-order chi connectivity index (χ1) is 12.0. The zero-order valence-corrected chi connectivity index (χ0v) is 15.9. The average Bonchev–Trinajstić information content (AvgIpc) is 2.53. The Balaban J connectivity index is 2.23. The first-order valence-electron chi connectivity index (χ1n) is 8.25. The average molecular weight is 388 g/mol. The molecule has 1 aliphatic rings. The fourth-order valence-corrected chi connectivity index (χ4v) is 3.36. The van der Waals surface area contributed by atoms with Crippen molar-refractivity contribution >= 4 is 21.5 Å². The summed E-state index contributed by atoms with van der Waals surface area (Å²) in [6.45, 7) is 2.32. The molecule has 1 saturated carbocycles. The Labute approximate surface area is 152 Å². The SMILES string of the molecule is CN(CC1CCC(C)(O)CC1)c1c(OOS(C)(=O)=O)cccc1[N+](=O)[O-]. The number of nitro benzene ring substituents is 1. The molecular formula is C16H24N2O7S. The summed E-state index contributed by atoms with van der Waals surface area (Å²) in [7, 11) is -2.19. The molecule has 0 atom stereocenters. The summed E-state index contributed by atoms with van der Waals surface area (Å²) in [5.41, 5.74) is -0.714. The van der Waals surface area contributed by atoms with Gasteiger partial charge in [-0.25, -0.2) is 0 Å². The fraction of sp³-hybridized carbons (Fsp3) is 0.625. The van der Waals surface area contributed by atoms with Gasteiger partial charge in [0.15, 0.2) is 11.4 Å². The highest BCUT2D eigenvalue weighted by Gasteiger charge is 2.31. The highest BCUT2D eigenvalue weighted by Crippen LogP contribution is 2.39. The van der Waals surface area contributed by atoms with E-state index in [1.54, 1.807) is 11.9 Å². The van der Waals surface area contributed by atoms with Gasteiger partial charge in [-0.3, -0.25) is 10.1 Å². The largest absolute Gasteiger partial charge is 0.390 e. The van der Waals surface area contributed by atoms with Gasteiger partial charge in [-0.05, 0) is 44.6 Å². The summed E-state index contributed by atoms with van der Waals surface area (Å²) in [6, 6.07) is 4.13. The lowest BCUT2D eigenvalue weighted by Gasteiger charge is -2.35. The van der Waals surface area contributed by atoms with Crippen LogP contribution < -0.4 is 9.79 Å². The molecule has 1 aliphatic carbocycles. The monoisotopic (exact) mass is 388 g/mol. The van der Waals surface area contributed by atoms with Gasteiger partial charge in [0.05, 0.1) is 16.8 Å². The van der Waals surface area contributed by atoms with Crippen LogP contribution in [0.25, 0.3) is 0 Å². The van der Waals surface area contributed by atoms with E-state index < -0.39 is 20.6 Å². The highest BCUT2D eigenvalue weighted by molar-refractivity contribution is 7.85. The number of benzene rings is 1. The maximum absolute atomic E-state index is 11.4. The summed E-state index contributed by atoms with van der Waals surface area (Å²) in [4.78, 5) is 17.4. The van der Waals surface area contributed by atoms with E-state index >= 15 is 0 Å². The molecule has 26 heavy (non-hydrogen) atoms. The maximum Gasteiger partial charge on any atom is 0.300 e. The molecule has 0 bridgehead atoms. The van der Waals surface area contributed by atoms with E-state index in [2.05, 4.69) is 4.33 Å². The van der Waals surface area contributed by atoms with Gasteiger partial charge >= 0.3 is 0 Å². The Kier molecular flexibility index (Phi) is 6.09. The molecule has 1 N–H and O–H groups in total. The van der Waals surface area contributed by atoms with E-state index in [0.717, 1.165) is 19.1 Å². The number of aliphatic hydroxyl groups is 1. The molecule has 1 aromatic carbocycles. The summed E-state index contributed by atoms with van der Waals surface area (Å²) in [5, 5.41) is 21.4. The molecule has 0 heterocycles. The standard InChI is InChI=1S/C16H24N2O7S/c1-16(19)9-7-12(8-10-16)11-17(2)15-13(18(20)21)5-4-6-14(15)24-25-26(3,22)23/h4-6,12,19H,7-11H2,1-3H3. The Bertz CT molecular complexity index is 754. The lowest BCUT2D eigenvalue weighted by atomic mass is 9.80. The van der Waals surface area contributed by atoms with Crippen molar-refractivity contribution in [1.82, 2.24) is 0 Å². The molecule has 0 saturated heterocycles. The second-order valence-corrected chi connectivity index (χ2v) is 8.60. The van der Waals surface area contributed by atoms with E-state index in [9.17, 15) is 23.6 Å². The number of anilines is 1. The minimum atomic E-state index is -3.88. The summed E-state index contributed by atoms with van der Waals surface area (Å²) in [6.07, 6.45) is 3.76. The predicted molar refractivity (Wildman–Crippen MR) is 95.5 cm³/mol. The molecule has 146 valence electrons. The van der Waals surface area contributed by atoms with Crippen LogP contribution in [0.2, 0.25) is 0 Å². The Hall–Kier alpha value is -1.91. The van der Waals surface area contributed by atoms with Gasteiger partial charge in [-0.1, -0.05) is 10.4 Å². The Morgan fingerprint density at radius 1 is 1.38 bits per heavy atom. The number of para-hydroxylation sites is 1. The molecule has 0 amide bonds. The normalized spacial score (nSPS) is 23.5. The number of nitrogens with zero attached hydrogens (tertiary/aromatic N) is 2. The smallest absolute Gasteiger partial charge is 0.300 e. The first-order valence-corrected chi connectivity index (χ1v) is 10.1. The summed E-state index contributed by atoms with van der Waals surface area (Å²) >= 11 is 0. The third-order valence-electron chi connectivity index (χ3n) is 4.52. The number of hydrogen-bond donors (Lipinski definition) is 1. The van der Waals surface area contributed by atoms with Crippen LogP contribution in [0, 0.1) is 16.0 Å². The quantitative estimate of drug-likeness (QED) is 0.429. The van der Waals surface area contributed by atoms with Crippen LogP contribution in [0.1, 0.15) is 32.6 Å². The van der Waals surface area contributed by atoms with Crippen LogP contribution in [0.3, 0.4) is 0 Å². The van der Waals surface area contributed by atoms with Crippen molar-refractivity contribution in [3.05, 3.63) is 28.3 Å². The third-order valence-corrected chi connectivity index (χ3v) is 4.83. The molecule has 0 radical (unpaired) electrons. The zero-order valence-electron chi connectivity index (χ0n) is 15.0. The van der Waals surface area contributed by atoms with Crippen molar-refractivity contribution in [3.8, 4) is 5.75 Å². The van der Waals surface area contributed by atoms with E-state index in [1.807, 2.05) is 6.92 Å². The lowest BCUT2D eigenvalue weighted by Crippen LogP contribution is -2.35. The van der Waals surface area contributed by atoms with Gasteiger partial charge in [0.2, 0.25) is 0 Å². The van der Waals surface area contributed by atoms with Crippen LogP contribution in [-0.2, 0) is 14.5 Å². The van der Waals surface area contributed by atoms with E-state index in [4.69, 9.17) is 4.89 Å². The Morgan fingerprint density at radius 2 is 2.00 bits per heavy atom. The first kappa shape index (κ1) is 20.4. The summed E-state index contributed by atoms with van der Waals surface area (Å²) < 4.78 is 26.7. The molecule has 0 unspecified atom stereocenters. The zero-order chi connectivity index (χ0) is 19.5. The maximum atomic E-state index is 11.4. The minimum Gasteiger partial charge on any atom is -0.390 e. The molecular weight excluding hydrogens is 364 g/mol. The van der Waals surface area contributed by atoms with E-state index in [-0.39, 0.29) is 23.0 Å². The second-order valence-electron chi connectivity index (χ2n) is 7.06. The van der Waals surface area contributed by atoms with Crippen molar-refractivity contribution in [2.75, 3.05) is 24.7 Å². The fourth-order valence-electron chi connectivity index (χ4n) is 3.17. The molecule has 2 rings (SSSR count). The van der Waals surface area contributed by atoms with Gasteiger partial charge in [0.1, 0.15) is 0 Å². The number of rotatable bonds is 7. The highest BCUT2D eigenvalue weighted by atomic mass is 32.2. The second kappa shape index (κ2) is 7.77. The van der Waals surface area contributed by atoms with Crippen LogP contribution in [0.15, 0.2) is 18.2 Å². The molecule has 1 fully saturated rings. The molecule has 10 heteroatoms. The van der Waals surface area contributed by atoms with Gasteiger partial charge in [0.25, 0.3) is 15.8 Å². The van der Waals surface area contributed by atoms with Gasteiger partial charge in [0, 0.05) is 19.7 Å². The Morgan fingerprint density at radius 3 is 2.54 bits per heavy atom. The lowest BCUT2D eigenvalue weighted by molar-refractivity contribution is -0.384. The molecule has 0 spiro atoms. The third kappa shape index (κ3) is 5.55. The number of hydrogen-bond acceptors (Lipinski definition) is 8. The molecule has 0 aliphatic heterocycles.